The van der Waals surface area contributed by atoms with E-state index >= 15 is 0 Å². The van der Waals surface area contributed by atoms with E-state index in [2.05, 4.69) is 20.4 Å². The molecular formula is C19H20N6O. The number of pyridine rings is 2. The van der Waals surface area contributed by atoms with E-state index < -0.39 is 0 Å². The number of imidazole rings is 1. The van der Waals surface area contributed by atoms with Gasteiger partial charge in [0, 0.05) is 25.1 Å². The van der Waals surface area contributed by atoms with Crippen LogP contribution in [0, 0.1) is 20.8 Å². The second-order valence-corrected chi connectivity index (χ2v) is 6.56. The largest absolute Gasteiger partial charge is 0.346 e. The predicted molar refractivity (Wildman–Crippen MR) is 99.1 cm³/mol. The summed E-state index contributed by atoms with van der Waals surface area (Å²) in [5, 5.41) is 8.15. The van der Waals surface area contributed by atoms with Gasteiger partial charge in [0.1, 0.15) is 5.65 Å². The van der Waals surface area contributed by atoms with Crippen LogP contribution in [0.4, 0.5) is 0 Å². The summed E-state index contributed by atoms with van der Waals surface area (Å²) in [6.07, 6.45) is 3.89. The van der Waals surface area contributed by atoms with Gasteiger partial charge >= 0.3 is 0 Å². The Hall–Kier alpha value is -3.22. The van der Waals surface area contributed by atoms with Gasteiger partial charge in [-0.2, -0.15) is 5.10 Å². The lowest BCUT2D eigenvalue weighted by atomic mass is 10.1. The van der Waals surface area contributed by atoms with Crippen LogP contribution < -0.4 is 5.32 Å². The molecule has 0 spiro atoms. The first-order valence-electron chi connectivity index (χ1n) is 8.46. The quantitative estimate of drug-likeness (QED) is 0.617. The van der Waals surface area contributed by atoms with Crippen molar-refractivity contribution in [3.63, 3.8) is 0 Å². The monoisotopic (exact) mass is 348 g/mol. The molecule has 0 unspecified atom stereocenters. The topological polar surface area (TPSA) is 77.1 Å². The predicted octanol–water partition coefficient (Wildman–Crippen LogP) is 2.47. The lowest BCUT2D eigenvalue weighted by molar-refractivity contribution is 0.0952. The fourth-order valence-corrected chi connectivity index (χ4v) is 3.30. The molecule has 7 heteroatoms. The van der Waals surface area contributed by atoms with E-state index in [0.717, 1.165) is 39.3 Å². The van der Waals surface area contributed by atoms with Gasteiger partial charge in [-0.15, -0.1) is 0 Å². The van der Waals surface area contributed by atoms with Crippen LogP contribution in [0.3, 0.4) is 0 Å². The van der Waals surface area contributed by atoms with Crippen molar-refractivity contribution >= 4 is 22.6 Å². The van der Waals surface area contributed by atoms with Crippen LogP contribution in [0.1, 0.15) is 33.0 Å². The molecule has 0 saturated heterocycles. The van der Waals surface area contributed by atoms with Crippen molar-refractivity contribution in [2.75, 3.05) is 0 Å². The minimum absolute atomic E-state index is 0.148. The SMILES string of the molecule is Cc1cc(C(=O)NCc2cn3cccc(C)c3n2)c2c(C)nn(C)c2n1. The highest BCUT2D eigenvalue weighted by atomic mass is 16.1. The summed E-state index contributed by atoms with van der Waals surface area (Å²) in [5.41, 5.74) is 5.72. The molecule has 0 atom stereocenters. The second kappa shape index (κ2) is 5.94. The summed E-state index contributed by atoms with van der Waals surface area (Å²) < 4.78 is 3.68. The zero-order valence-corrected chi connectivity index (χ0v) is 15.2. The van der Waals surface area contributed by atoms with Gasteiger partial charge in [-0.3, -0.25) is 9.48 Å². The van der Waals surface area contributed by atoms with Gasteiger partial charge < -0.3 is 9.72 Å². The summed E-state index contributed by atoms with van der Waals surface area (Å²) in [6, 6.07) is 5.81. The highest BCUT2D eigenvalue weighted by molar-refractivity contribution is 6.06. The van der Waals surface area contributed by atoms with Gasteiger partial charge in [0.25, 0.3) is 5.91 Å². The number of rotatable bonds is 3. The zero-order valence-electron chi connectivity index (χ0n) is 15.2. The molecule has 26 heavy (non-hydrogen) atoms. The van der Waals surface area contributed by atoms with Gasteiger partial charge in [0.2, 0.25) is 0 Å². The third-order valence-corrected chi connectivity index (χ3v) is 4.50. The summed E-state index contributed by atoms with van der Waals surface area (Å²) in [6.45, 7) is 6.15. The lowest BCUT2D eigenvalue weighted by Gasteiger charge is -2.06. The number of nitrogens with one attached hydrogen (secondary N) is 1. The average molecular weight is 348 g/mol. The number of hydrogen-bond donors (Lipinski definition) is 1. The first kappa shape index (κ1) is 16.3. The van der Waals surface area contributed by atoms with Crippen molar-refractivity contribution in [1.82, 2.24) is 29.5 Å². The smallest absolute Gasteiger partial charge is 0.252 e. The average Bonchev–Trinajstić information content (AvgIpc) is 3.14. The van der Waals surface area contributed by atoms with Crippen molar-refractivity contribution in [2.24, 2.45) is 7.05 Å². The van der Waals surface area contributed by atoms with Crippen molar-refractivity contribution in [2.45, 2.75) is 27.3 Å². The van der Waals surface area contributed by atoms with E-state index in [1.54, 1.807) is 10.7 Å². The van der Waals surface area contributed by atoms with Crippen molar-refractivity contribution in [3.8, 4) is 0 Å². The molecule has 0 saturated carbocycles. The number of amides is 1. The Morgan fingerprint density at radius 2 is 2.00 bits per heavy atom. The van der Waals surface area contributed by atoms with Gasteiger partial charge in [-0.05, 0) is 38.5 Å². The third kappa shape index (κ3) is 2.61. The maximum Gasteiger partial charge on any atom is 0.252 e. The molecule has 132 valence electrons. The van der Waals surface area contributed by atoms with Crippen molar-refractivity contribution in [1.29, 1.82) is 0 Å². The van der Waals surface area contributed by atoms with Gasteiger partial charge in [-0.1, -0.05) is 6.07 Å². The molecule has 0 aromatic carbocycles. The zero-order chi connectivity index (χ0) is 18.4. The van der Waals surface area contributed by atoms with Gasteiger partial charge in [-0.25, -0.2) is 9.97 Å². The minimum atomic E-state index is -0.148. The van der Waals surface area contributed by atoms with Crippen LogP contribution in [0.15, 0.2) is 30.6 Å². The minimum Gasteiger partial charge on any atom is -0.346 e. The van der Waals surface area contributed by atoms with Crippen LogP contribution in [0.2, 0.25) is 0 Å². The summed E-state index contributed by atoms with van der Waals surface area (Å²) >= 11 is 0. The standard InChI is InChI=1S/C19H20N6O/c1-11-6-5-7-25-10-14(22-17(11)25)9-20-19(26)15-8-12(2)21-18-16(15)13(3)23-24(18)4/h5-8,10H,9H2,1-4H3,(H,20,26). The molecule has 7 nitrogen and oxygen atoms in total. The van der Waals surface area contributed by atoms with E-state index in [9.17, 15) is 4.79 Å². The van der Waals surface area contributed by atoms with Gasteiger partial charge in [0.05, 0.1) is 28.9 Å². The molecule has 1 N–H and O–H groups in total. The summed E-state index contributed by atoms with van der Waals surface area (Å²) in [4.78, 5) is 21.9. The van der Waals surface area contributed by atoms with Crippen LogP contribution in [-0.4, -0.2) is 30.1 Å². The van der Waals surface area contributed by atoms with E-state index in [1.165, 1.54) is 0 Å². The van der Waals surface area contributed by atoms with Crippen LogP contribution in [0.25, 0.3) is 16.7 Å². The van der Waals surface area contributed by atoms with E-state index in [1.807, 2.05) is 56.7 Å². The Kier molecular flexibility index (Phi) is 3.72. The Labute approximate surface area is 150 Å². The number of fused-ring (bicyclic) bond motifs is 2. The first-order valence-corrected chi connectivity index (χ1v) is 8.46. The molecule has 4 heterocycles. The van der Waals surface area contributed by atoms with E-state index in [0.29, 0.717) is 12.1 Å². The molecule has 4 rings (SSSR count). The molecule has 0 aliphatic carbocycles. The molecule has 0 aliphatic heterocycles. The molecule has 4 aromatic rings. The maximum atomic E-state index is 12.8. The number of carbonyl (C=O) groups excluding carboxylic acids is 1. The Balaban J connectivity index is 1.64. The Morgan fingerprint density at radius 1 is 1.19 bits per heavy atom. The van der Waals surface area contributed by atoms with Crippen LogP contribution in [-0.2, 0) is 13.6 Å². The van der Waals surface area contributed by atoms with E-state index in [-0.39, 0.29) is 5.91 Å². The molecular weight excluding hydrogens is 328 g/mol. The van der Waals surface area contributed by atoms with E-state index in [4.69, 9.17) is 0 Å². The molecule has 4 aromatic heterocycles. The van der Waals surface area contributed by atoms with Crippen molar-refractivity contribution in [3.05, 3.63) is 58.8 Å². The number of nitrogens with zero attached hydrogens (tertiary/aromatic N) is 5. The first-order chi connectivity index (χ1) is 12.4. The second-order valence-electron chi connectivity index (χ2n) is 6.56. The molecule has 0 aliphatic rings. The number of aryl methyl sites for hydroxylation is 4. The fourth-order valence-electron chi connectivity index (χ4n) is 3.30. The number of carbonyl (C=O) groups is 1. The van der Waals surface area contributed by atoms with Crippen LogP contribution in [0.5, 0.6) is 0 Å². The molecule has 0 fully saturated rings. The number of hydrogen-bond acceptors (Lipinski definition) is 4. The Morgan fingerprint density at radius 3 is 2.77 bits per heavy atom. The maximum absolute atomic E-state index is 12.8. The highest BCUT2D eigenvalue weighted by Crippen LogP contribution is 2.21. The number of aromatic nitrogens is 5. The fraction of sp³-hybridized carbons (Fsp3) is 0.263. The lowest BCUT2D eigenvalue weighted by Crippen LogP contribution is -2.23. The summed E-state index contributed by atoms with van der Waals surface area (Å²) in [7, 11) is 1.84. The molecule has 0 radical (unpaired) electrons. The molecule has 1 amide bonds. The van der Waals surface area contributed by atoms with Crippen LogP contribution >= 0.6 is 0 Å². The normalized spacial score (nSPS) is 11.4. The summed E-state index contributed by atoms with van der Waals surface area (Å²) in [5.74, 6) is -0.148. The van der Waals surface area contributed by atoms with Crippen molar-refractivity contribution < 1.29 is 4.79 Å². The van der Waals surface area contributed by atoms with Gasteiger partial charge in [0.15, 0.2) is 5.65 Å². The Bertz CT molecular complexity index is 1150. The highest BCUT2D eigenvalue weighted by Gasteiger charge is 2.18. The third-order valence-electron chi connectivity index (χ3n) is 4.50. The molecule has 0 bridgehead atoms.